The molecule has 0 saturated heterocycles. The number of rotatable bonds is 4. The maximum atomic E-state index is 13.7. The first-order valence-corrected chi connectivity index (χ1v) is 10.0. The molecule has 0 N–H and O–H groups in total. The standard InChI is InChI=1S/C26H26O4/c1-25(2)21(15-7-11-17(29-5)12-8-15)19-20(23(25)27)22(26(3,4)24(19)28)16-9-13-18(30-6)14-10-16/h7-14H,1-6H3. The van der Waals surface area contributed by atoms with Crippen LogP contribution in [0.2, 0.25) is 0 Å². The van der Waals surface area contributed by atoms with E-state index in [0.29, 0.717) is 11.1 Å². The summed E-state index contributed by atoms with van der Waals surface area (Å²) in [7, 11) is 3.23. The molecule has 0 atom stereocenters. The van der Waals surface area contributed by atoms with Gasteiger partial charge >= 0.3 is 0 Å². The summed E-state index contributed by atoms with van der Waals surface area (Å²) in [6.45, 7) is 7.61. The molecule has 30 heavy (non-hydrogen) atoms. The highest BCUT2D eigenvalue weighted by Crippen LogP contribution is 2.59. The second kappa shape index (κ2) is 6.69. The summed E-state index contributed by atoms with van der Waals surface area (Å²) in [6.07, 6.45) is 0. The lowest BCUT2D eigenvalue weighted by atomic mass is 9.74. The summed E-state index contributed by atoms with van der Waals surface area (Å²) >= 11 is 0. The van der Waals surface area contributed by atoms with Gasteiger partial charge in [0.05, 0.1) is 25.0 Å². The monoisotopic (exact) mass is 402 g/mol. The smallest absolute Gasteiger partial charge is 0.173 e. The van der Waals surface area contributed by atoms with Crippen LogP contribution in [0.1, 0.15) is 38.8 Å². The summed E-state index contributed by atoms with van der Waals surface area (Å²) in [5.41, 5.74) is 2.89. The fourth-order valence-electron chi connectivity index (χ4n) is 4.71. The number of benzene rings is 2. The Morgan fingerprint density at radius 1 is 0.567 bits per heavy atom. The van der Waals surface area contributed by atoms with Crippen LogP contribution < -0.4 is 9.47 Å². The second-order valence-corrected chi connectivity index (χ2v) is 8.87. The zero-order valence-electron chi connectivity index (χ0n) is 18.3. The highest BCUT2D eigenvalue weighted by molar-refractivity contribution is 6.36. The number of methoxy groups -OCH3 is 2. The molecule has 0 unspecified atom stereocenters. The van der Waals surface area contributed by atoms with Gasteiger partial charge in [0.1, 0.15) is 11.5 Å². The Hall–Kier alpha value is -3.14. The number of carbonyl (C=O) groups is 2. The number of allylic oxidation sites excluding steroid dienone is 4. The third kappa shape index (κ3) is 2.67. The van der Waals surface area contributed by atoms with Gasteiger partial charge in [-0.15, -0.1) is 0 Å². The van der Waals surface area contributed by atoms with E-state index in [-0.39, 0.29) is 11.6 Å². The van der Waals surface area contributed by atoms with Crippen molar-refractivity contribution in [2.75, 3.05) is 14.2 Å². The number of Topliss-reactive ketones (excluding diaryl/α,β-unsaturated/α-hetero) is 2. The van der Waals surface area contributed by atoms with Crippen LogP contribution in [0.4, 0.5) is 0 Å². The number of hydrogen-bond acceptors (Lipinski definition) is 4. The molecule has 0 heterocycles. The van der Waals surface area contributed by atoms with E-state index in [2.05, 4.69) is 0 Å². The van der Waals surface area contributed by atoms with Crippen LogP contribution >= 0.6 is 0 Å². The van der Waals surface area contributed by atoms with Gasteiger partial charge in [-0.25, -0.2) is 0 Å². The molecule has 0 amide bonds. The Balaban J connectivity index is 2.00. The quantitative estimate of drug-likeness (QED) is 0.711. The molecular formula is C26H26O4. The molecule has 0 bridgehead atoms. The fraction of sp³-hybridized carbons (Fsp3) is 0.308. The third-order valence-corrected chi connectivity index (χ3v) is 6.35. The van der Waals surface area contributed by atoms with Crippen molar-refractivity contribution < 1.29 is 19.1 Å². The molecule has 0 aromatic heterocycles. The van der Waals surface area contributed by atoms with Crippen LogP contribution in [0, 0.1) is 10.8 Å². The average Bonchev–Trinajstić information content (AvgIpc) is 3.06. The molecule has 4 heteroatoms. The highest BCUT2D eigenvalue weighted by Gasteiger charge is 2.56. The first kappa shape index (κ1) is 20.1. The summed E-state index contributed by atoms with van der Waals surface area (Å²) in [5, 5.41) is 0. The van der Waals surface area contributed by atoms with Crippen LogP contribution in [0.15, 0.2) is 59.7 Å². The van der Waals surface area contributed by atoms with Gasteiger partial charge in [-0.3, -0.25) is 9.59 Å². The van der Waals surface area contributed by atoms with E-state index in [4.69, 9.17) is 9.47 Å². The minimum absolute atomic E-state index is 0.00642. The summed E-state index contributed by atoms with van der Waals surface area (Å²) in [4.78, 5) is 27.3. The topological polar surface area (TPSA) is 52.6 Å². The Labute approximate surface area is 177 Å². The Kier molecular flexibility index (Phi) is 4.50. The molecule has 0 saturated carbocycles. The van der Waals surface area contributed by atoms with Gasteiger partial charge in [0.25, 0.3) is 0 Å². The van der Waals surface area contributed by atoms with Gasteiger partial charge in [0.2, 0.25) is 0 Å². The summed E-state index contributed by atoms with van der Waals surface area (Å²) < 4.78 is 10.5. The SMILES string of the molecule is COc1ccc(C2=C3C(=O)C(C)(C)C(c4ccc(OC)cc4)=C3C(=O)C2(C)C)cc1. The second-order valence-electron chi connectivity index (χ2n) is 8.87. The number of ether oxygens (including phenoxy) is 2. The maximum Gasteiger partial charge on any atom is 0.173 e. The number of ketones is 2. The van der Waals surface area contributed by atoms with Crippen LogP contribution in [0.25, 0.3) is 11.1 Å². The van der Waals surface area contributed by atoms with E-state index >= 15 is 0 Å². The van der Waals surface area contributed by atoms with Crippen LogP contribution in [0.5, 0.6) is 11.5 Å². The molecule has 2 aromatic rings. The Morgan fingerprint density at radius 3 is 1.13 bits per heavy atom. The number of carbonyl (C=O) groups excluding carboxylic acids is 2. The van der Waals surface area contributed by atoms with Crippen molar-refractivity contribution in [1.82, 2.24) is 0 Å². The van der Waals surface area contributed by atoms with Crippen molar-refractivity contribution in [3.63, 3.8) is 0 Å². The molecule has 0 spiro atoms. The van der Waals surface area contributed by atoms with Crippen LogP contribution in [-0.2, 0) is 9.59 Å². The summed E-state index contributed by atoms with van der Waals surface area (Å²) in [6, 6.07) is 15.1. The van der Waals surface area contributed by atoms with Crippen molar-refractivity contribution in [3.05, 3.63) is 70.8 Å². The first-order chi connectivity index (χ1) is 14.1. The number of hydrogen-bond donors (Lipinski definition) is 0. The molecule has 0 fully saturated rings. The van der Waals surface area contributed by atoms with Gasteiger partial charge in [-0.2, -0.15) is 0 Å². The predicted molar refractivity (Wildman–Crippen MR) is 117 cm³/mol. The minimum atomic E-state index is -0.789. The fourth-order valence-corrected chi connectivity index (χ4v) is 4.71. The van der Waals surface area contributed by atoms with E-state index in [1.54, 1.807) is 14.2 Å². The van der Waals surface area contributed by atoms with Gasteiger partial charge in [0, 0.05) is 11.1 Å². The third-order valence-electron chi connectivity index (χ3n) is 6.35. The maximum absolute atomic E-state index is 13.7. The van der Waals surface area contributed by atoms with Crippen molar-refractivity contribution in [1.29, 1.82) is 0 Å². The van der Waals surface area contributed by atoms with E-state index in [1.807, 2.05) is 76.2 Å². The zero-order chi connectivity index (χ0) is 21.8. The van der Waals surface area contributed by atoms with Crippen molar-refractivity contribution in [2.24, 2.45) is 10.8 Å². The van der Waals surface area contributed by atoms with E-state index in [9.17, 15) is 9.59 Å². The number of fused-ring (bicyclic) bond motifs is 1. The normalized spacial score (nSPS) is 19.4. The molecule has 4 nitrogen and oxygen atoms in total. The van der Waals surface area contributed by atoms with Gasteiger partial charge in [0.15, 0.2) is 11.6 Å². The molecule has 4 rings (SSSR count). The van der Waals surface area contributed by atoms with E-state index < -0.39 is 10.8 Å². The lowest BCUT2D eigenvalue weighted by molar-refractivity contribution is -0.121. The van der Waals surface area contributed by atoms with E-state index in [0.717, 1.165) is 33.8 Å². The largest absolute Gasteiger partial charge is 0.497 e. The first-order valence-electron chi connectivity index (χ1n) is 10.0. The van der Waals surface area contributed by atoms with Crippen molar-refractivity contribution >= 4 is 22.7 Å². The van der Waals surface area contributed by atoms with Crippen molar-refractivity contribution in [2.45, 2.75) is 27.7 Å². The Morgan fingerprint density at radius 2 is 0.867 bits per heavy atom. The molecular weight excluding hydrogens is 376 g/mol. The van der Waals surface area contributed by atoms with Gasteiger partial charge in [-0.05, 0) is 74.2 Å². The van der Waals surface area contributed by atoms with Gasteiger partial charge < -0.3 is 9.47 Å². The molecule has 0 radical (unpaired) electrons. The molecule has 2 aromatic carbocycles. The van der Waals surface area contributed by atoms with E-state index in [1.165, 1.54) is 0 Å². The minimum Gasteiger partial charge on any atom is -0.497 e. The molecule has 2 aliphatic rings. The summed E-state index contributed by atoms with van der Waals surface area (Å²) in [5.74, 6) is 1.46. The Bertz CT molecular complexity index is 1020. The molecule has 2 aliphatic carbocycles. The predicted octanol–water partition coefficient (Wildman–Crippen LogP) is 5.13. The molecule has 0 aliphatic heterocycles. The highest BCUT2D eigenvalue weighted by atomic mass is 16.5. The lowest BCUT2D eigenvalue weighted by Gasteiger charge is -2.26. The van der Waals surface area contributed by atoms with Gasteiger partial charge in [-0.1, -0.05) is 24.3 Å². The van der Waals surface area contributed by atoms with Crippen LogP contribution in [-0.4, -0.2) is 25.8 Å². The van der Waals surface area contributed by atoms with Crippen molar-refractivity contribution in [3.8, 4) is 11.5 Å². The zero-order valence-corrected chi connectivity index (χ0v) is 18.3. The molecule has 154 valence electrons. The lowest BCUT2D eigenvalue weighted by Crippen LogP contribution is -2.26. The average molecular weight is 402 g/mol. The van der Waals surface area contributed by atoms with Crippen LogP contribution in [0.3, 0.4) is 0 Å².